The van der Waals surface area contributed by atoms with Crippen LogP contribution in [0.3, 0.4) is 0 Å². The van der Waals surface area contributed by atoms with Gasteiger partial charge in [0, 0.05) is 13.1 Å². The summed E-state index contributed by atoms with van der Waals surface area (Å²) in [4.78, 5) is 5.45. The summed E-state index contributed by atoms with van der Waals surface area (Å²) in [5.41, 5.74) is 5.67. The SMILES string of the molecule is CCCCCCCCN(CCCCC)Cc1cccc(-c2cccc(CN(CCCCC)CCCCCCCC)c2)c1. The van der Waals surface area contributed by atoms with E-state index in [4.69, 9.17) is 0 Å². The molecule has 0 fully saturated rings. The molecule has 0 amide bonds. The summed E-state index contributed by atoms with van der Waals surface area (Å²) in [5.74, 6) is 0. The van der Waals surface area contributed by atoms with E-state index in [0.29, 0.717) is 0 Å². The lowest BCUT2D eigenvalue weighted by atomic mass is 10.0. The number of unbranched alkanes of at least 4 members (excludes halogenated alkanes) is 14. The van der Waals surface area contributed by atoms with E-state index in [-0.39, 0.29) is 0 Å². The van der Waals surface area contributed by atoms with Gasteiger partial charge in [0.15, 0.2) is 0 Å². The topological polar surface area (TPSA) is 6.48 Å². The molecule has 0 aliphatic carbocycles. The van der Waals surface area contributed by atoms with E-state index in [1.165, 1.54) is 164 Å². The third-order valence-corrected chi connectivity index (χ3v) is 8.81. The second kappa shape index (κ2) is 24.8. The second-order valence-electron chi connectivity index (χ2n) is 12.9. The van der Waals surface area contributed by atoms with Crippen molar-refractivity contribution >= 4 is 0 Å². The average Bonchev–Trinajstić information content (AvgIpc) is 3.01. The summed E-state index contributed by atoms with van der Waals surface area (Å²) in [5, 5.41) is 0. The molecule has 2 heteroatoms. The van der Waals surface area contributed by atoms with E-state index >= 15 is 0 Å². The molecule has 42 heavy (non-hydrogen) atoms. The van der Waals surface area contributed by atoms with Crippen molar-refractivity contribution in [1.29, 1.82) is 0 Å². The van der Waals surface area contributed by atoms with Gasteiger partial charge in [-0.2, -0.15) is 0 Å². The highest BCUT2D eigenvalue weighted by molar-refractivity contribution is 5.65. The van der Waals surface area contributed by atoms with Gasteiger partial charge in [-0.25, -0.2) is 0 Å². The summed E-state index contributed by atoms with van der Waals surface area (Å²) >= 11 is 0. The van der Waals surface area contributed by atoms with Crippen molar-refractivity contribution in [2.24, 2.45) is 0 Å². The predicted octanol–water partition coefficient (Wildman–Crippen LogP) is 12.1. The Hall–Kier alpha value is -1.64. The van der Waals surface area contributed by atoms with Gasteiger partial charge in [0.2, 0.25) is 0 Å². The van der Waals surface area contributed by atoms with Gasteiger partial charge in [-0.15, -0.1) is 0 Å². The zero-order chi connectivity index (χ0) is 30.1. The Kier molecular flexibility index (Phi) is 21.6. The maximum atomic E-state index is 2.72. The minimum Gasteiger partial charge on any atom is -0.299 e. The van der Waals surface area contributed by atoms with Gasteiger partial charge in [0.25, 0.3) is 0 Å². The smallest absolute Gasteiger partial charge is 0.0233 e. The summed E-state index contributed by atoms with van der Waals surface area (Å²) < 4.78 is 0. The summed E-state index contributed by atoms with van der Waals surface area (Å²) in [6.07, 6.45) is 24.4. The lowest BCUT2D eigenvalue weighted by Crippen LogP contribution is -2.26. The van der Waals surface area contributed by atoms with Crippen LogP contribution in [0.5, 0.6) is 0 Å². The molecule has 0 atom stereocenters. The van der Waals surface area contributed by atoms with Crippen molar-refractivity contribution in [3.05, 3.63) is 59.7 Å². The molecule has 0 unspecified atom stereocenters. The monoisotopic (exact) mass is 577 g/mol. The Bertz CT molecular complexity index is 817. The molecule has 2 nitrogen and oxygen atoms in total. The van der Waals surface area contributed by atoms with Crippen LogP contribution in [0.1, 0.15) is 154 Å². The number of hydrogen-bond acceptors (Lipinski definition) is 2. The van der Waals surface area contributed by atoms with Crippen molar-refractivity contribution in [2.75, 3.05) is 26.2 Å². The van der Waals surface area contributed by atoms with Crippen LogP contribution < -0.4 is 0 Å². The highest BCUT2D eigenvalue weighted by atomic mass is 15.1. The number of nitrogens with zero attached hydrogens (tertiary/aromatic N) is 2. The van der Waals surface area contributed by atoms with Crippen LogP contribution in [0.25, 0.3) is 11.1 Å². The van der Waals surface area contributed by atoms with Gasteiger partial charge < -0.3 is 0 Å². The Morgan fingerprint density at radius 3 is 1.07 bits per heavy atom. The third-order valence-electron chi connectivity index (χ3n) is 8.81. The van der Waals surface area contributed by atoms with Gasteiger partial charge in [-0.1, -0.05) is 154 Å². The standard InChI is InChI=1S/C40H68N2/c1-5-9-13-15-17-21-31-41(29-19-11-7-3)35-37-25-23-27-39(33-37)40-28-24-26-38(34-40)36-42(30-20-12-8-4)32-22-18-16-14-10-6-2/h23-28,33-34H,5-22,29-32,35-36H2,1-4H3. The largest absolute Gasteiger partial charge is 0.299 e. The molecule has 0 aromatic heterocycles. The number of benzene rings is 2. The molecule has 0 heterocycles. The first-order valence-electron chi connectivity index (χ1n) is 18.3. The van der Waals surface area contributed by atoms with Crippen LogP contribution in [0, 0.1) is 0 Å². The Labute approximate surface area is 262 Å². The molecular weight excluding hydrogens is 508 g/mol. The Morgan fingerprint density at radius 2 is 0.690 bits per heavy atom. The molecular formula is C40H68N2. The molecule has 0 saturated carbocycles. The van der Waals surface area contributed by atoms with Crippen molar-refractivity contribution in [2.45, 2.75) is 156 Å². The maximum absolute atomic E-state index is 2.72. The van der Waals surface area contributed by atoms with Crippen LogP contribution in [0.2, 0.25) is 0 Å². The van der Waals surface area contributed by atoms with E-state index < -0.39 is 0 Å². The fraction of sp³-hybridized carbons (Fsp3) is 0.700. The van der Waals surface area contributed by atoms with Crippen molar-refractivity contribution in [3.63, 3.8) is 0 Å². The number of rotatable bonds is 27. The van der Waals surface area contributed by atoms with Gasteiger partial charge in [0.05, 0.1) is 0 Å². The van der Waals surface area contributed by atoms with E-state index in [1.54, 1.807) is 0 Å². The minimum atomic E-state index is 1.08. The Morgan fingerprint density at radius 1 is 0.381 bits per heavy atom. The van der Waals surface area contributed by atoms with Crippen LogP contribution in [-0.4, -0.2) is 36.0 Å². The molecule has 0 N–H and O–H groups in total. The van der Waals surface area contributed by atoms with Crippen molar-refractivity contribution in [3.8, 4) is 11.1 Å². The molecule has 238 valence electrons. The second-order valence-corrected chi connectivity index (χ2v) is 12.9. The van der Waals surface area contributed by atoms with Gasteiger partial charge in [0.1, 0.15) is 0 Å². The fourth-order valence-corrected chi connectivity index (χ4v) is 6.16. The van der Waals surface area contributed by atoms with Crippen molar-refractivity contribution < 1.29 is 0 Å². The Balaban J connectivity index is 2.01. The molecule has 0 saturated heterocycles. The van der Waals surface area contributed by atoms with Crippen LogP contribution in [0.15, 0.2) is 48.5 Å². The van der Waals surface area contributed by atoms with Gasteiger partial charge in [-0.05, 0) is 86.2 Å². The number of hydrogen-bond donors (Lipinski definition) is 0. The normalized spacial score (nSPS) is 11.7. The first-order valence-corrected chi connectivity index (χ1v) is 18.3. The van der Waals surface area contributed by atoms with E-state index in [2.05, 4.69) is 86.0 Å². The minimum absolute atomic E-state index is 1.08. The van der Waals surface area contributed by atoms with E-state index in [9.17, 15) is 0 Å². The van der Waals surface area contributed by atoms with Crippen molar-refractivity contribution in [1.82, 2.24) is 9.80 Å². The van der Waals surface area contributed by atoms with Crippen LogP contribution in [0.4, 0.5) is 0 Å². The zero-order valence-corrected chi connectivity index (χ0v) is 28.5. The first-order chi connectivity index (χ1) is 20.7. The zero-order valence-electron chi connectivity index (χ0n) is 28.5. The molecule has 0 radical (unpaired) electrons. The quantitative estimate of drug-likeness (QED) is 0.0976. The lowest BCUT2D eigenvalue weighted by molar-refractivity contribution is 0.253. The molecule has 0 aliphatic heterocycles. The molecule has 2 aromatic rings. The molecule has 0 bridgehead atoms. The highest BCUT2D eigenvalue weighted by Gasteiger charge is 2.10. The summed E-state index contributed by atoms with van der Waals surface area (Å²) in [7, 11) is 0. The predicted molar refractivity (Wildman–Crippen MR) is 188 cm³/mol. The lowest BCUT2D eigenvalue weighted by Gasteiger charge is -2.23. The van der Waals surface area contributed by atoms with E-state index in [0.717, 1.165) is 13.1 Å². The molecule has 0 spiro atoms. The molecule has 2 aromatic carbocycles. The fourth-order valence-electron chi connectivity index (χ4n) is 6.16. The maximum Gasteiger partial charge on any atom is 0.0233 e. The van der Waals surface area contributed by atoms with Gasteiger partial charge >= 0.3 is 0 Å². The highest BCUT2D eigenvalue weighted by Crippen LogP contribution is 2.24. The van der Waals surface area contributed by atoms with E-state index in [1.807, 2.05) is 0 Å². The van der Waals surface area contributed by atoms with Crippen LogP contribution in [-0.2, 0) is 13.1 Å². The third kappa shape index (κ3) is 16.9. The van der Waals surface area contributed by atoms with Gasteiger partial charge in [-0.3, -0.25) is 9.80 Å². The van der Waals surface area contributed by atoms with Crippen LogP contribution >= 0.6 is 0 Å². The first kappa shape index (κ1) is 36.6. The average molecular weight is 577 g/mol. The molecule has 2 rings (SSSR count). The molecule has 0 aliphatic rings. The summed E-state index contributed by atoms with van der Waals surface area (Å²) in [6.45, 7) is 16.3. The summed E-state index contributed by atoms with van der Waals surface area (Å²) in [6, 6.07) is 18.8.